The van der Waals surface area contributed by atoms with Crippen LogP contribution in [0.4, 0.5) is 10.5 Å². The van der Waals surface area contributed by atoms with Crippen LogP contribution in [0.3, 0.4) is 0 Å². The molecular formula is C27H42N8O2S. The zero-order chi connectivity index (χ0) is 27.2. The van der Waals surface area contributed by atoms with Crippen molar-refractivity contribution in [2.24, 2.45) is 17.6 Å². The molecule has 0 spiro atoms. The van der Waals surface area contributed by atoms with Crippen LogP contribution in [-0.4, -0.2) is 65.1 Å². The molecular weight excluding hydrogens is 500 g/mol. The quantitative estimate of drug-likeness (QED) is 0.160. The van der Waals surface area contributed by atoms with Crippen LogP contribution in [0, 0.1) is 22.7 Å². The molecule has 208 valence electrons. The van der Waals surface area contributed by atoms with Gasteiger partial charge >= 0.3 is 6.03 Å². The Morgan fingerprint density at radius 2 is 1.84 bits per heavy atom. The third kappa shape index (κ3) is 7.33. The lowest BCUT2D eigenvalue weighted by Gasteiger charge is -2.39. The highest BCUT2D eigenvalue weighted by Crippen LogP contribution is 2.37. The fraction of sp³-hybridized carbons (Fsp3) is 0.630. The van der Waals surface area contributed by atoms with Gasteiger partial charge in [0.2, 0.25) is 11.9 Å². The largest absolute Gasteiger partial charge is 0.369 e. The minimum atomic E-state index is -0.168. The first-order valence-electron chi connectivity index (χ1n) is 13.8. The summed E-state index contributed by atoms with van der Waals surface area (Å²) < 4.78 is 0. The predicted molar refractivity (Wildman–Crippen MR) is 154 cm³/mol. The molecule has 3 saturated heterocycles. The highest BCUT2D eigenvalue weighted by atomic mass is 32.2. The Labute approximate surface area is 229 Å². The second-order valence-electron chi connectivity index (χ2n) is 11.0. The van der Waals surface area contributed by atoms with Crippen LogP contribution in [-0.2, 0) is 11.2 Å². The molecule has 3 aliphatic heterocycles. The lowest BCUT2D eigenvalue weighted by atomic mass is 9.92. The summed E-state index contributed by atoms with van der Waals surface area (Å²) >= 11 is 1.84. The third-order valence-corrected chi connectivity index (χ3v) is 9.10. The average Bonchev–Trinajstić information content (AvgIpc) is 3.39. The summed E-state index contributed by atoms with van der Waals surface area (Å²) in [7, 11) is 0. The molecule has 3 heterocycles. The number of nitrogens with zero attached hydrogens (tertiary/aromatic N) is 2. The first-order valence-corrected chi connectivity index (χ1v) is 14.7. The van der Waals surface area contributed by atoms with Gasteiger partial charge < -0.3 is 26.6 Å². The number of nitrogens with one attached hydrogen (secondary N) is 5. The Kier molecular flexibility index (Phi) is 9.40. The van der Waals surface area contributed by atoms with E-state index in [0.29, 0.717) is 42.2 Å². The number of hydrogen-bond acceptors (Lipinski definition) is 5. The van der Waals surface area contributed by atoms with Gasteiger partial charge in [0.05, 0.1) is 17.1 Å². The Hall–Kier alpha value is -2.95. The monoisotopic (exact) mass is 542 g/mol. The second kappa shape index (κ2) is 12.7. The van der Waals surface area contributed by atoms with Crippen molar-refractivity contribution in [2.45, 2.75) is 75.5 Å². The molecule has 4 rings (SSSR count). The van der Waals surface area contributed by atoms with Gasteiger partial charge in [-0.3, -0.25) is 20.5 Å². The number of guanidine groups is 2. The van der Waals surface area contributed by atoms with E-state index in [9.17, 15) is 9.59 Å². The van der Waals surface area contributed by atoms with Gasteiger partial charge in [0.15, 0.2) is 5.96 Å². The lowest BCUT2D eigenvalue weighted by Crippen LogP contribution is -2.53. The van der Waals surface area contributed by atoms with Crippen LogP contribution in [0.5, 0.6) is 0 Å². The van der Waals surface area contributed by atoms with Crippen molar-refractivity contribution >= 4 is 41.3 Å². The molecule has 0 radical (unpaired) electrons. The Morgan fingerprint density at radius 1 is 1.13 bits per heavy atom. The topological polar surface area (TPSA) is 150 Å². The van der Waals surface area contributed by atoms with Crippen molar-refractivity contribution in [1.29, 1.82) is 10.8 Å². The molecule has 11 heteroatoms. The fourth-order valence-electron chi connectivity index (χ4n) is 5.82. The summed E-state index contributed by atoms with van der Waals surface area (Å²) in [5.41, 5.74) is 7.66. The molecule has 5 unspecified atom stereocenters. The fourth-order valence-corrected chi connectivity index (χ4v) is 7.40. The number of hydrogen-bond donors (Lipinski definition) is 6. The van der Waals surface area contributed by atoms with Gasteiger partial charge in [-0.2, -0.15) is 0 Å². The highest BCUT2D eigenvalue weighted by Gasteiger charge is 2.40. The number of likely N-dealkylation sites (tertiary alicyclic amines) is 1. The van der Waals surface area contributed by atoms with E-state index < -0.39 is 0 Å². The standard InChI is InChI=1S/C27H42N8O2S/c1-17-13-18(2)16-34(15-17)26(30)35(25(28)29)20-9-7-19(8-10-20)11-12-31-23(36)6-4-3-5-21-14-22-24(38-21)33-27(37)32-22/h7-10,17-18,21-22,24,30H,3-6,11-16H2,1-2H3,(H3,28,29)(H,31,36)(H2,32,33,37). The number of unbranched alkanes of at least 4 members (excludes halogenated alkanes) is 1. The summed E-state index contributed by atoms with van der Waals surface area (Å²) in [6, 6.07) is 7.90. The third-order valence-electron chi connectivity index (χ3n) is 7.54. The van der Waals surface area contributed by atoms with Gasteiger partial charge in [-0.25, -0.2) is 4.79 Å². The van der Waals surface area contributed by atoms with E-state index in [0.717, 1.165) is 50.8 Å². The number of amides is 3. The van der Waals surface area contributed by atoms with Crippen molar-refractivity contribution in [2.75, 3.05) is 24.5 Å². The number of piperidine rings is 1. The van der Waals surface area contributed by atoms with Gasteiger partial charge in [0, 0.05) is 31.3 Å². The van der Waals surface area contributed by atoms with Crippen LogP contribution in [0.1, 0.15) is 57.9 Å². The van der Waals surface area contributed by atoms with E-state index in [1.54, 1.807) is 0 Å². The zero-order valence-electron chi connectivity index (χ0n) is 22.5. The predicted octanol–water partition coefficient (Wildman–Crippen LogP) is 3.03. The van der Waals surface area contributed by atoms with E-state index >= 15 is 0 Å². The van der Waals surface area contributed by atoms with Gasteiger partial charge in [0.1, 0.15) is 0 Å². The van der Waals surface area contributed by atoms with Crippen molar-refractivity contribution in [3.8, 4) is 0 Å². The molecule has 3 amide bonds. The van der Waals surface area contributed by atoms with E-state index in [-0.39, 0.29) is 35.3 Å². The molecule has 1 aromatic rings. The molecule has 1 aromatic carbocycles. The molecule has 7 N–H and O–H groups in total. The van der Waals surface area contributed by atoms with Crippen LogP contribution >= 0.6 is 11.8 Å². The highest BCUT2D eigenvalue weighted by molar-refractivity contribution is 8.00. The van der Waals surface area contributed by atoms with Crippen molar-refractivity contribution in [3.05, 3.63) is 29.8 Å². The first-order chi connectivity index (χ1) is 18.2. The number of rotatable bonds is 9. The van der Waals surface area contributed by atoms with Gasteiger partial charge in [-0.05, 0) is 61.6 Å². The molecule has 5 atom stereocenters. The normalized spacial score (nSPS) is 26.3. The average molecular weight is 543 g/mol. The molecule has 10 nitrogen and oxygen atoms in total. The first kappa shape index (κ1) is 28.1. The summed E-state index contributed by atoms with van der Waals surface area (Å²) in [6.45, 7) is 6.55. The molecule has 0 aromatic heterocycles. The maximum Gasteiger partial charge on any atom is 0.316 e. The van der Waals surface area contributed by atoms with E-state index in [4.69, 9.17) is 16.6 Å². The van der Waals surface area contributed by atoms with Crippen LogP contribution in [0.15, 0.2) is 24.3 Å². The van der Waals surface area contributed by atoms with Crippen molar-refractivity contribution in [3.63, 3.8) is 0 Å². The Balaban J connectivity index is 1.15. The van der Waals surface area contributed by atoms with E-state index in [1.165, 1.54) is 4.90 Å². The molecule has 0 aliphatic carbocycles. The molecule has 38 heavy (non-hydrogen) atoms. The van der Waals surface area contributed by atoms with Gasteiger partial charge in [-0.1, -0.05) is 32.4 Å². The number of anilines is 1. The molecule has 3 aliphatic rings. The minimum Gasteiger partial charge on any atom is -0.369 e. The lowest BCUT2D eigenvalue weighted by molar-refractivity contribution is -0.121. The molecule has 3 fully saturated rings. The number of carbonyl (C=O) groups is 2. The number of carbonyl (C=O) groups excluding carboxylic acids is 2. The zero-order valence-corrected chi connectivity index (χ0v) is 23.3. The smallest absolute Gasteiger partial charge is 0.316 e. The summed E-state index contributed by atoms with van der Waals surface area (Å²) in [5.74, 6) is 1.15. The van der Waals surface area contributed by atoms with Gasteiger partial charge in [-0.15, -0.1) is 11.8 Å². The van der Waals surface area contributed by atoms with E-state index in [1.807, 2.05) is 40.9 Å². The van der Waals surface area contributed by atoms with Gasteiger partial charge in [0.25, 0.3) is 0 Å². The second-order valence-corrected chi connectivity index (χ2v) is 12.5. The number of benzene rings is 1. The molecule has 0 saturated carbocycles. The van der Waals surface area contributed by atoms with Crippen molar-refractivity contribution in [1.82, 2.24) is 20.9 Å². The van der Waals surface area contributed by atoms with E-state index in [2.05, 4.69) is 29.8 Å². The van der Waals surface area contributed by atoms with Crippen LogP contribution in [0.25, 0.3) is 0 Å². The number of urea groups is 1. The number of thioether (sulfide) groups is 1. The SMILES string of the molecule is CC1CC(C)CN(C(=N)N(C(=N)N)c2ccc(CCNC(=O)CCCCC3CC4NC(=O)NC4S3)cc2)C1. The van der Waals surface area contributed by atoms with Crippen LogP contribution < -0.4 is 26.6 Å². The maximum atomic E-state index is 12.3. The summed E-state index contributed by atoms with van der Waals surface area (Å²) in [5, 5.41) is 26.5. The maximum absolute atomic E-state index is 12.3. The minimum absolute atomic E-state index is 0.0608. The molecule has 0 bridgehead atoms. The van der Waals surface area contributed by atoms with Crippen molar-refractivity contribution < 1.29 is 9.59 Å². The Bertz CT molecular complexity index is 993. The number of nitrogens with two attached hydrogens (primary N) is 1. The van der Waals surface area contributed by atoms with Crippen LogP contribution in [0.2, 0.25) is 0 Å². The Morgan fingerprint density at radius 3 is 2.50 bits per heavy atom. The number of fused-ring (bicyclic) bond motifs is 1. The summed E-state index contributed by atoms with van der Waals surface area (Å²) in [6.07, 6.45) is 6.34. The summed E-state index contributed by atoms with van der Waals surface area (Å²) in [4.78, 5) is 27.1.